The van der Waals surface area contributed by atoms with E-state index in [2.05, 4.69) is 20.4 Å². The second-order valence-corrected chi connectivity index (χ2v) is 11.8. The molecule has 1 aliphatic rings. The van der Waals surface area contributed by atoms with Crippen LogP contribution in [0.25, 0.3) is 16.8 Å². The first kappa shape index (κ1) is 29.5. The van der Waals surface area contributed by atoms with Crippen LogP contribution >= 0.6 is 11.6 Å². The van der Waals surface area contributed by atoms with Gasteiger partial charge in [-0.25, -0.2) is 27.3 Å². The van der Waals surface area contributed by atoms with E-state index in [1.165, 1.54) is 25.4 Å². The number of nitrogen functional groups attached to an aromatic ring is 1. The van der Waals surface area contributed by atoms with Crippen LogP contribution in [0.3, 0.4) is 0 Å². The fourth-order valence-corrected chi connectivity index (χ4v) is 6.43. The van der Waals surface area contributed by atoms with Crippen LogP contribution in [0.15, 0.2) is 48.9 Å². The van der Waals surface area contributed by atoms with Gasteiger partial charge in [0.2, 0.25) is 15.9 Å². The van der Waals surface area contributed by atoms with E-state index in [0.29, 0.717) is 10.6 Å². The zero-order chi connectivity index (χ0) is 30.4. The quantitative estimate of drug-likeness (QED) is 0.297. The van der Waals surface area contributed by atoms with Crippen LogP contribution in [0.4, 0.5) is 23.4 Å². The number of anilines is 1. The predicted octanol–water partition coefficient (Wildman–Crippen LogP) is 3.34. The maximum atomic E-state index is 15.0. The van der Waals surface area contributed by atoms with E-state index < -0.39 is 63.5 Å². The first-order chi connectivity index (χ1) is 19.8. The molecule has 4 heterocycles. The number of aromatic nitrogens is 4. The maximum absolute atomic E-state index is 15.0. The van der Waals surface area contributed by atoms with Gasteiger partial charge in [0.1, 0.15) is 23.6 Å². The minimum atomic E-state index is -4.79. The Labute approximate surface area is 241 Å². The number of rotatable bonds is 7. The van der Waals surface area contributed by atoms with Crippen LogP contribution in [-0.4, -0.2) is 70.6 Å². The van der Waals surface area contributed by atoms with Crippen molar-refractivity contribution < 1.29 is 35.5 Å². The molecular formula is C25H22ClF4N7O4S. The summed E-state index contributed by atoms with van der Waals surface area (Å²) in [5.41, 5.74) is 4.26. The van der Waals surface area contributed by atoms with Crippen molar-refractivity contribution in [3.8, 4) is 17.1 Å². The van der Waals surface area contributed by atoms with Gasteiger partial charge < -0.3 is 15.8 Å². The number of carbonyl (C=O) groups excluding carboxylic acids is 1. The van der Waals surface area contributed by atoms with Crippen molar-refractivity contribution in [3.05, 3.63) is 70.6 Å². The van der Waals surface area contributed by atoms with Gasteiger partial charge in [0.05, 0.1) is 30.2 Å². The lowest BCUT2D eigenvalue weighted by Gasteiger charge is -2.17. The topological polar surface area (TPSA) is 145 Å². The largest absolute Gasteiger partial charge is 0.480 e. The molecule has 5 rings (SSSR count). The molecule has 1 aliphatic heterocycles. The van der Waals surface area contributed by atoms with E-state index in [4.69, 9.17) is 22.1 Å². The molecule has 1 fully saturated rings. The van der Waals surface area contributed by atoms with E-state index in [1.807, 2.05) is 0 Å². The summed E-state index contributed by atoms with van der Waals surface area (Å²) in [5.74, 6) is -1.90. The number of ether oxygens (including phenoxy) is 1. The number of hydrogen-bond acceptors (Lipinski definition) is 8. The maximum Gasteiger partial charge on any atom is 0.418 e. The van der Waals surface area contributed by atoms with Crippen molar-refractivity contribution in [2.24, 2.45) is 0 Å². The molecule has 17 heteroatoms. The molecule has 1 amide bonds. The van der Waals surface area contributed by atoms with E-state index in [0.717, 1.165) is 21.2 Å². The van der Waals surface area contributed by atoms with Crippen molar-refractivity contribution in [1.82, 2.24) is 29.2 Å². The van der Waals surface area contributed by atoms with Crippen molar-refractivity contribution in [2.75, 3.05) is 25.9 Å². The van der Waals surface area contributed by atoms with Crippen LogP contribution in [0, 0.1) is 0 Å². The highest BCUT2D eigenvalue weighted by Crippen LogP contribution is 2.39. The third kappa shape index (κ3) is 5.69. The minimum Gasteiger partial charge on any atom is -0.480 e. The van der Waals surface area contributed by atoms with Crippen molar-refractivity contribution in [2.45, 2.75) is 24.1 Å². The zero-order valence-electron chi connectivity index (χ0n) is 21.6. The number of nitrogens with one attached hydrogen (secondary N) is 1. The average molecular weight is 628 g/mol. The Hall–Kier alpha value is -4.02. The van der Waals surface area contributed by atoms with Gasteiger partial charge in [-0.05, 0) is 29.8 Å². The molecule has 222 valence electrons. The highest BCUT2D eigenvalue weighted by Gasteiger charge is 2.40. The number of alkyl halides is 4. The Morgan fingerprint density at radius 3 is 2.67 bits per heavy atom. The second-order valence-electron chi connectivity index (χ2n) is 9.43. The first-order valence-corrected chi connectivity index (χ1v) is 14.2. The van der Waals surface area contributed by atoms with E-state index >= 15 is 0 Å². The smallest absolute Gasteiger partial charge is 0.418 e. The van der Waals surface area contributed by atoms with Crippen LogP contribution in [-0.2, 0) is 22.0 Å². The molecule has 0 spiro atoms. The number of fused-ring (bicyclic) bond motifs is 1. The van der Waals surface area contributed by atoms with Gasteiger partial charge in [0.15, 0.2) is 5.82 Å². The number of carbonyl (C=O) groups is 1. The van der Waals surface area contributed by atoms with Crippen LogP contribution in [0.1, 0.15) is 21.5 Å². The van der Waals surface area contributed by atoms with Crippen molar-refractivity contribution in [1.29, 1.82) is 0 Å². The summed E-state index contributed by atoms with van der Waals surface area (Å²) in [4.78, 5) is 20.9. The molecule has 1 aromatic carbocycles. The van der Waals surface area contributed by atoms with E-state index in [1.54, 1.807) is 18.2 Å². The molecule has 0 unspecified atom stereocenters. The predicted molar refractivity (Wildman–Crippen MR) is 144 cm³/mol. The van der Waals surface area contributed by atoms with Crippen LogP contribution in [0.5, 0.6) is 5.88 Å². The molecule has 42 heavy (non-hydrogen) atoms. The minimum absolute atomic E-state index is 0.0403. The Morgan fingerprint density at radius 2 is 1.98 bits per heavy atom. The summed E-state index contributed by atoms with van der Waals surface area (Å²) < 4.78 is 89.1. The lowest BCUT2D eigenvalue weighted by molar-refractivity contribution is -0.136. The Morgan fingerprint density at radius 1 is 1.21 bits per heavy atom. The van der Waals surface area contributed by atoms with Gasteiger partial charge in [-0.15, -0.1) is 0 Å². The summed E-state index contributed by atoms with van der Waals surface area (Å²) >= 11 is 5.93. The van der Waals surface area contributed by atoms with Gasteiger partial charge in [0, 0.05) is 29.9 Å². The summed E-state index contributed by atoms with van der Waals surface area (Å²) in [6.07, 6.45) is -4.38. The lowest BCUT2D eigenvalue weighted by Crippen LogP contribution is -2.42. The number of benzene rings is 1. The first-order valence-electron chi connectivity index (χ1n) is 12.2. The highest BCUT2D eigenvalue weighted by molar-refractivity contribution is 7.88. The number of sulfonamides is 1. The fraction of sp³-hybridized carbons (Fsp3) is 0.280. The van der Waals surface area contributed by atoms with Crippen LogP contribution in [0.2, 0.25) is 5.02 Å². The van der Waals surface area contributed by atoms with Gasteiger partial charge in [-0.2, -0.15) is 22.6 Å². The van der Waals surface area contributed by atoms with Gasteiger partial charge >= 0.3 is 6.18 Å². The summed E-state index contributed by atoms with van der Waals surface area (Å²) in [6.45, 7) is -0.833. The van der Waals surface area contributed by atoms with Crippen molar-refractivity contribution >= 4 is 38.9 Å². The number of methoxy groups -OCH3 is 1. The highest BCUT2D eigenvalue weighted by atomic mass is 35.5. The molecule has 0 saturated carbocycles. The number of amides is 1. The Kier molecular flexibility index (Phi) is 7.72. The van der Waals surface area contributed by atoms with E-state index in [-0.39, 0.29) is 29.2 Å². The lowest BCUT2D eigenvalue weighted by atomic mass is 10.1. The number of nitrogens with zero attached hydrogens (tertiary/aromatic N) is 5. The normalized spacial score (nSPS) is 18.0. The number of nitrogens with two attached hydrogens (primary N) is 1. The zero-order valence-corrected chi connectivity index (χ0v) is 23.2. The molecule has 3 N–H and O–H groups in total. The monoisotopic (exact) mass is 627 g/mol. The second kappa shape index (κ2) is 11.0. The fourth-order valence-electron chi connectivity index (χ4n) is 4.68. The molecular weight excluding hydrogens is 606 g/mol. The standard InChI is InChI=1S/C25H22ClF4N7O4S/c1-41-24-16(6-14(8-32-24)20-7-17(25(28,29)30)21-22(31)33-12-34-37(20)21)23(38)35-19-10-36(9-18(19)27)42(39,40)11-13-3-2-4-15(26)5-13/h2-8,12,18-19H,9-11H2,1H3,(H,35,38)(H2,31,33,34)/t18-,19+/m0/s1. The van der Waals surface area contributed by atoms with Gasteiger partial charge in [-0.1, -0.05) is 23.7 Å². The van der Waals surface area contributed by atoms with Gasteiger partial charge in [-0.3, -0.25) is 4.79 Å². The van der Waals surface area contributed by atoms with Crippen molar-refractivity contribution in [3.63, 3.8) is 0 Å². The molecule has 1 saturated heterocycles. The van der Waals surface area contributed by atoms with E-state index in [9.17, 15) is 30.8 Å². The molecule has 0 radical (unpaired) electrons. The summed E-state index contributed by atoms with van der Waals surface area (Å²) in [7, 11) is -2.74. The SMILES string of the molecule is COc1ncc(-c2cc(C(F)(F)F)c3c(N)ncnn23)cc1C(=O)N[C@@H]1CN(S(=O)(=O)Cc2cccc(Cl)c2)C[C@@H]1F. The molecule has 3 aromatic heterocycles. The number of hydrogen-bond donors (Lipinski definition) is 2. The number of pyridine rings is 1. The molecule has 0 aliphatic carbocycles. The summed E-state index contributed by atoms with van der Waals surface area (Å²) in [5, 5.41) is 6.68. The van der Waals surface area contributed by atoms with Crippen LogP contribution < -0.4 is 15.8 Å². The Bertz CT molecular complexity index is 1780. The van der Waals surface area contributed by atoms with Gasteiger partial charge in [0.25, 0.3) is 5.91 Å². The number of halogens is 5. The molecule has 2 atom stereocenters. The molecule has 11 nitrogen and oxygen atoms in total. The molecule has 4 aromatic rings. The summed E-state index contributed by atoms with van der Waals surface area (Å²) in [6, 6.07) is 7.02. The Balaban J connectivity index is 1.41. The third-order valence-corrected chi connectivity index (χ3v) is 8.65. The average Bonchev–Trinajstić information content (AvgIpc) is 3.50. The molecule has 0 bridgehead atoms. The third-order valence-electron chi connectivity index (χ3n) is 6.64.